The average molecular weight is 427 g/mol. The summed E-state index contributed by atoms with van der Waals surface area (Å²) in [4.78, 5) is 10.3. The number of aliphatic hydroxyl groups is 1. The molecule has 1 aromatic rings. The van der Waals surface area contributed by atoms with E-state index in [9.17, 15) is 15.2 Å². The summed E-state index contributed by atoms with van der Waals surface area (Å²) in [5.74, 6) is 0.0691. The highest BCUT2D eigenvalue weighted by Crippen LogP contribution is 2.33. The van der Waals surface area contributed by atoms with Crippen molar-refractivity contribution in [3.8, 4) is 11.8 Å². The van der Waals surface area contributed by atoms with Gasteiger partial charge in [-0.25, -0.2) is 0 Å². The number of hydrogen-bond donors (Lipinski definition) is 1. The van der Waals surface area contributed by atoms with Gasteiger partial charge >= 0.3 is 5.69 Å². The summed E-state index contributed by atoms with van der Waals surface area (Å²) in [5.41, 5.74) is -0.0836. The fraction of sp³-hybridized carbons (Fsp3) is 0.300. The number of nitro benzene ring substituents is 1. The molecule has 0 aliphatic rings. The molecule has 0 saturated carbocycles. The molecule has 1 aromatic carbocycles. The van der Waals surface area contributed by atoms with E-state index in [-0.39, 0.29) is 23.6 Å². The Morgan fingerprint density at radius 3 is 2.83 bits per heavy atom. The summed E-state index contributed by atoms with van der Waals surface area (Å²) in [6.07, 6.45) is -0.754. The number of nitrogens with zero attached hydrogens (tertiary/aromatic N) is 2. The van der Waals surface area contributed by atoms with Crippen molar-refractivity contribution in [3.05, 3.63) is 31.4 Å². The highest BCUT2D eigenvalue weighted by Gasteiger charge is 2.21. The topological polar surface area (TPSA) is 96.4 Å². The van der Waals surface area contributed by atoms with E-state index in [1.54, 1.807) is 0 Å². The second kappa shape index (κ2) is 6.86. The van der Waals surface area contributed by atoms with Gasteiger partial charge in [-0.15, -0.1) is 0 Å². The zero-order chi connectivity index (χ0) is 13.7. The number of benzene rings is 1. The predicted octanol–water partition coefficient (Wildman–Crippen LogP) is 2.21. The van der Waals surface area contributed by atoms with Crippen molar-refractivity contribution in [2.75, 3.05) is 11.9 Å². The van der Waals surface area contributed by atoms with Crippen molar-refractivity contribution < 1.29 is 14.8 Å². The molecule has 18 heavy (non-hydrogen) atoms. The fourth-order valence-electron chi connectivity index (χ4n) is 1.15. The third-order valence-corrected chi connectivity index (χ3v) is 3.50. The lowest BCUT2D eigenvalue weighted by molar-refractivity contribution is -0.386. The van der Waals surface area contributed by atoms with Crippen LogP contribution in [0, 0.1) is 25.0 Å². The lowest BCUT2D eigenvalue weighted by Crippen LogP contribution is -2.19. The molecular weight excluding hydrogens is 419 g/mol. The molecule has 0 spiro atoms. The van der Waals surface area contributed by atoms with Gasteiger partial charge in [-0.1, -0.05) is 15.9 Å². The van der Waals surface area contributed by atoms with Crippen molar-refractivity contribution in [1.82, 2.24) is 0 Å². The maximum Gasteiger partial charge on any atom is 0.313 e. The highest BCUT2D eigenvalue weighted by atomic mass is 127. The predicted molar refractivity (Wildman–Crippen MR) is 75.8 cm³/mol. The van der Waals surface area contributed by atoms with Gasteiger partial charge in [0.05, 0.1) is 26.2 Å². The molecule has 0 aliphatic heterocycles. The average Bonchev–Trinajstić information content (AvgIpc) is 2.35. The van der Waals surface area contributed by atoms with Crippen molar-refractivity contribution in [1.29, 1.82) is 5.26 Å². The molecule has 1 N–H and O–H groups in total. The molecule has 0 heterocycles. The van der Waals surface area contributed by atoms with E-state index >= 15 is 0 Å². The molecular formula is C10H8BrIN2O4. The first-order chi connectivity index (χ1) is 8.49. The van der Waals surface area contributed by atoms with Crippen LogP contribution in [-0.4, -0.2) is 28.1 Å². The summed E-state index contributed by atoms with van der Waals surface area (Å²) < 4.78 is 5.70. The third-order valence-electron chi connectivity index (χ3n) is 1.95. The standard InChI is InChI=1S/C10H8BrIN2O4/c11-3-7(15)5-18-10-8(12)1-6(4-13)2-9(10)14(16)17/h1-2,7,15H,3,5H2. The number of rotatable bonds is 5. The molecule has 1 atom stereocenters. The Labute approximate surface area is 125 Å². The number of alkyl halides is 1. The molecule has 0 bridgehead atoms. The fourth-order valence-corrected chi connectivity index (χ4v) is 2.10. The lowest BCUT2D eigenvalue weighted by atomic mass is 10.2. The van der Waals surface area contributed by atoms with E-state index in [0.717, 1.165) is 6.07 Å². The van der Waals surface area contributed by atoms with Crippen LogP contribution in [0.2, 0.25) is 0 Å². The second-order valence-corrected chi connectivity index (χ2v) is 5.10. The van der Waals surface area contributed by atoms with E-state index in [0.29, 0.717) is 8.90 Å². The molecule has 1 rings (SSSR count). The van der Waals surface area contributed by atoms with E-state index in [4.69, 9.17) is 10.00 Å². The third kappa shape index (κ3) is 3.79. The Balaban J connectivity index is 3.09. The molecule has 0 radical (unpaired) electrons. The monoisotopic (exact) mass is 426 g/mol. The SMILES string of the molecule is N#Cc1cc(I)c(OCC(O)CBr)c([N+](=O)[O-])c1. The zero-order valence-electron chi connectivity index (χ0n) is 8.97. The molecule has 0 aliphatic carbocycles. The zero-order valence-corrected chi connectivity index (χ0v) is 12.7. The van der Waals surface area contributed by atoms with E-state index in [1.807, 2.05) is 28.7 Å². The van der Waals surface area contributed by atoms with Crippen LogP contribution in [-0.2, 0) is 0 Å². The van der Waals surface area contributed by atoms with Crippen LogP contribution in [0.1, 0.15) is 5.56 Å². The van der Waals surface area contributed by atoms with Gasteiger partial charge in [0, 0.05) is 11.4 Å². The van der Waals surface area contributed by atoms with Crippen molar-refractivity contribution in [2.45, 2.75) is 6.10 Å². The molecule has 0 amide bonds. The largest absolute Gasteiger partial charge is 0.483 e. The summed E-state index contributed by atoms with van der Waals surface area (Å²) in [6.45, 7) is -0.0615. The van der Waals surface area contributed by atoms with Gasteiger partial charge in [0.15, 0.2) is 0 Å². The molecule has 0 fully saturated rings. The second-order valence-electron chi connectivity index (χ2n) is 3.29. The number of hydrogen-bond acceptors (Lipinski definition) is 5. The van der Waals surface area contributed by atoms with Crippen LogP contribution in [0.3, 0.4) is 0 Å². The Morgan fingerprint density at radius 2 is 2.33 bits per heavy atom. The Bertz CT molecular complexity index is 503. The van der Waals surface area contributed by atoms with Crippen LogP contribution in [0.5, 0.6) is 5.75 Å². The summed E-state index contributed by atoms with van der Waals surface area (Å²) in [7, 11) is 0. The molecule has 6 nitrogen and oxygen atoms in total. The van der Waals surface area contributed by atoms with Gasteiger partial charge in [0.1, 0.15) is 6.61 Å². The van der Waals surface area contributed by atoms with Crippen LogP contribution in [0.4, 0.5) is 5.69 Å². The number of ether oxygens (including phenoxy) is 1. The maximum absolute atomic E-state index is 10.9. The maximum atomic E-state index is 10.9. The Kier molecular flexibility index (Phi) is 5.77. The smallest absolute Gasteiger partial charge is 0.313 e. The van der Waals surface area contributed by atoms with E-state index < -0.39 is 11.0 Å². The summed E-state index contributed by atoms with van der Waals surface area (Å²) in [6, 6.07) is 4.48. The van der Waals surface area contributed by atoms with E-state index in [2.05, 4.69) is 15.9 Å². The van der Waals surface area contributed by atoms with Gasteiger partial charge in [0.25, 0.3) is 0 Å². The molecule has 96 valence electrons. The van der Waals surface area contributed by atoms with Crippen LogP contribution >= 0.6 is 38.5 Å². The number of nitro groups is 1. The lowest BCUT2D eigenvalue weighted by Gasteiger charge is -2.11. The van der Waals surface area contributed by atoms with Crippen molar-refractivity contribution >= 4 is 44.2 Å². The normalized spacial score (nSPS) is 11.7. The molecule has 8 heteroatoms. The minimum absolute atomic E-state index is 0.0615. The first kappa shape index (κ1) is 15.1. The first-order valence-electron chi connectivity index (χ1n) is 4.74. The number of halogens is 2. The molecule has 0 saturated heterocycles. The number of nitriles is 1. The van der Waals surface area contributed by atoms with Gasteiger partial charge in [-0.05, 0) is 28.7 Å². The minimum atomic E-state index is -0.754. The van der Waals surface area contributed by atoms with Crippen LogP contribution in [0.15, 0.2) is 12.1 Å². The van der Waals surface area contributed by atoms with Gasteiger partial charge in [-0.2, -0.15) is 5.26 Å². The highest BCUT2D eigenvalue weighted by molar-refractivity contribution is 14.1. The molecule has 1 unspecified atom stereocenters. The van der Waals surface area contributed by atoms with Crippen molar-refractivity contribution in [3.63, 3.8) is 0 Å². The molecule has 0 aromatic heterocycles. The van der Waals surface area contributed by atoms with E-state index in [1.165, 1.54) is 6.07 Å². The number of aliphatic hydroxyl groups excluding tert-OH is 1. The van der Waals surface area contributed by atoms with Gasteiger partial charge in [0.2, 0.25) is 5.75 Å². The van der Waals surface area contributed by atoms with Gasteiger partial charge < -0.3 is 9.84 Å². The Hall–Kier alpha value is -0.920. The van der Waals surface area contributed by atoms with Crippen LogP contribution < -0.4 is 4.74 Å². The van der Waals surface area contributed by atoms with Crippen molar-refractivity contribution in [2.24, 2.45) is 0 Å². The summed E-state index contributed by atoms with van der Waals surface area (Å²) >= 11 is 4.92. The Morgan fingerprint density at radius 1 is 1.67 bits per heavy atom. The minimum Gasteiger partial charge on any atom is -0.483 e. The van der Waals surface area contributed by atoms with Gasteiger partial charge in [-0.3, -0.25) is 10.1 Å². The summed E-state index contributed by atoms with van der Waals surface area (Å²) in [5, 5.41) is 29.3. The quantitative estimate of drug-likeness (QED) is 0.337. The van der Waals surface area contributed by atoms with Crippen LogP contribution in [0.25, 0.3) is 0 Å². The first-order valence-corrected chi connectivity index (χ1v) is 6.94.